The lowest BCUT2D eigenvalue weighted by Gasteiger charge is -2.36. The number of hydrogen-bond acceptors (Lipinski definition) is 7. The number of carbonyl (C=O) groups is 2. The molecular weight excluding hydrogens is 464 g/mol. The number of aryl methyl sites for hydroxylation is 1. The molecule has 1 aromatic heterocycles. The van der Waals surface area contributed by atoms with Crippen molar-refractivity contribution in [1.29, 1.82) is 0 Å². The number of hydrogen-bond donors (Lipinski definition) is 1. The fourth-order valence-corrected chi connectivity index (χ4v) is 5.96. The normalized spacial score (nSPS) is 19.0. The lowest BCUT2D eigenvalue weighted by atomic mass is 10.0. The Kier molecular flexibility index (Phi) is 5.87. The van der Waals surface area contributed by atoms with Gasteiger partial charge in [-0.05, 0) is 42.7 Å². The largest absolute Gasteiger partial charge is 0.454 e. The first kappa shape index (κ1) is 22.1. The van der Waals surface area contributed by atoms with Crippen LogP contribution in [0.2, 0.25) is 0 Å². The van der Waals surface area contributed by atoms with Crippen LogP contribution >= 0.6 is 11.3 Å². The van der Waals surface area contributed by atoms with Gasteiger partial charge in [0.25, 0.3) is 5.91 Å². The van der Waals surface area contributed by atoms with E-state index in [1.807, 2.05) is 35.2 Å². The zero-order chi connectivity index (χ0) is 23.8. The lowest BCUT2D eigenvalue weighted by Crippen LogP contribution is -2.49. The number of anilines is 1. The van der Waals surface area contributed by atoms with Gasteiger partial charge >= 0.3 is 0 Å². The summed E-state index contributed by atoms with van der Waals surface area (Å²) in [5.74, 6) is 1.35. The molecular formula is C26H26N4O4S. The van der Waals surface area contributed by atoms with Gasteiger partial charge in [-0.3, -0.25) is 19.8 Å². The number of amides is 2. The number of nitrogens with one attached hydrogen (secondary N) is 1. The molecule has 2 aliphatic heterocycles. The molecule has 2 amide bonds. The van der Waals surface area contributed by atoms with Crippen molar-refractivity contribution in [3.05, 3.63) is 70.2 Å². The highest BCUT2D eigenvalue weighted by atomic mass is 32.1. The second kappa shape index (κ2) is 9.31. The van der Waals surface area contributed by atoms with Crippen LogP contribution in [0.25, 0.3) is 0 Å². The molecule has 9 heteroatoms. The number of fused-ring (bicyclic) bond motifs is 2. The average Bonchev–Trinajstić information content (AvgIpc) is 3.60. The molecule has 1 aliphatic carbocycles. The molecule has 35 heavy (non-hydrogen) atoms. The van der Waals surface area contributed by atoms with E-state index in [1.165, 1.54) is 16.9 Å². The van der Waals surface area contributed by atoms with Crippen molar-refractivity contribution >= 4 is 28.3 Å². The lowest BCUT2D eigenvalue weighted by molar-refractivity contribution is -0.134. The Hall–Kier alpha value is -3.43. The minimum absolute atomic E-state index is 0.151. The van der Waals surface area contributed by atoms with E-state index in [4.69, 9.17) is 9.47 Å². The average molecular weight is 491 g/mol. The predicted molar refractivity (Wildman–Crippen MR) is 132 cm³/mol. The Balaban J connectivity index is 1.05. The van der Waals surface area contributed by atoms with Crippen molar-refractivity contribution in [2.75, 3.05) is 38.3 Å². The number of thiazole rings is 1. The molecule has 1 atom stereocenters. The van der Waals surface area contributed by atoms with Gasteiger partial charge in [0, 0.05) is 43.2 Å². The van der Waals surface area contributed by atoms with Crippen molar-refractivity contribution in [2.24, 2.45) is 0 Å². The molecule has 8 nitrogen and oxygen atoms in total. The summed E-state index contributed by atoms with van der Waals surface area (Å²) < 4.78 is 10.9. The van der Waals surface area contributed by atoms with E-state index < -0.39 is 0 Å². The molecule has 0 spiro atoms. The predicted octanol–water partition coefficient (Wildman–Crippen LogP) is 3.50. The highest BCUT2D eigenvalue weighted by Gasteiger charge is 2.36. The van der Waals surface area contributed by atoms with Gasteiger partial charge in [0.1, 0.15) is 0 Å². The Labute approximate surface area is 207 Å². The van der Waals surface area contributed by atoms with Gasteiger partial charge in [-0.25, -0.2) is 4.98 Å². The Morgan fingerprint density at radius 1 is 1.03 bits per heavy atom. The van der Waals surface area contributed by atoms with Crippen molar-refractivity contribution in [3.63, 3.8) is 0 Å². The molecule has 0 unspecified atom stereocenters. The van der Waals surface area contributed by atoms with Crippen LogP contribution in [0.3, 0.4) is 0 Å². The van der Waals surface area contributed by atoms with Gasteiger partial charge in [0.05, 0.1) is 11.6 Å². The third-order valence-electron chi connectivity index (χ3n) is 6.80. The summed E-state index contributed by atoms with van der Waals surface area (Å²) in [6.45, 7) is 4.17. The summed E-state index contributed by atoms with van der Waals surface area (Å²) in [7, 11) is 0. The topological polar surface area (TPSA) is 84.0 Å². The highest BCUT2D eigenvalue weighted by molar-refractivity contribution is 7.16. The number of ether oxygens (including phenoxy) is 2. The van der Waals surface area contributed by atoms with E-state index in [1.54, 1.807) is 12.1 Å². The molecule has 0 saturated carbocycles. The number of nitrogens with zero attached hydrogens (tertiary/aromatic N) is 3. The monoisotopic (exact) mass is 490 g/mol. The molecule has 180 valence electrons. The molecule has 1 N–H and O–H groups in total. The molecule has 0 radical (unpaired) electrons. The SMILES string of the molecule is O=C(Nc1nc2c(s1)CC[C@@H]2C(=O)N1CCN(Cc2ccc3c(c2)OCO3)CC1)c1ccccc1. The van der Waals surface area contributed by atoms with Crippen molar-refractivity contribution in [1.82, 2.24) is 14.8 Å². The summed E-state index contributed by atoms with van der Waals surface area (Å²) in [5, 5.41) is 3.46. The number of aromatic nitrogens is 1. The van der Waals surface area contributed by atoms with E-state index in [2.05, 4.69) is 21.3 Å². The Morgan fingerprint density at radius 2 is 1.83 bits per heavy atom. The number of carbonyl (C=O) groups excluding carboxylic acids is 2. The van der Waals surface area contributed by atoms with E-state index >= 15 is 0 Å². The van der Waals surface area contributed by atoms with Crippen molar-refractivity contribution in [3.8, 4) is 11.5 Å². The summed E-state index contributed by atoms with van der Waals surface area (Å²) >= 11 is 1.48. The fraction of sp³-hybridized carbons (Fsp3) is 0.346. The number of rotatable bonds is 5. The van der Waals surface area contributed by atoms with Gasteiger partial charge in [0.2, 0.25) is 12.7 Å². The quantitative estimate of drug-likeness (QED) is 0.590. The van der Waals surface area contributed by atoms with E-state index in [0.717, 1.165) is 54.5 Å². The zero-order valence-electron chi connectivity index (χ0n) is 19.2. The van der Waals surface area contributed by atoms with Gasteiger partial charge in [-0.15, -0.1) is 11.3 Å². The van der Waals surface area contributed by atoms with E-state index in [9.17, 15) is 9.59 Å². The van der Waals surface area contributed by atoms with Crippen LogP contribution in [0.5, 0.6) is 11.5 Å². The third-order valence-corrected chi connectivity index (χ3v) is 7.85. The van der Waals surface area contributed by atoms with Gasteiger partial charge in [0.15, 0.2) is 16.6 Å². The van der Waals surface area contributed by atoms with E-state index in [0.29, 0.717) is 23.8 Å². The third kappa shape index (κ3) is 4.49. The Morgan fingerprint density at radius 3 is 2.66 bits per heavy atom. The highest BCUT2D eigenvalue weighted by Crippen LogP contribution is 2.39. The van der Waals surface area contributed by atoms with E-state index in [-0.39, 0.29) is 24.5 Å². The fourth-order valence-electron chi connectivity index (χ4n) is 4.92. The first-order valence-corrected chi connectivity index (χ1v) is 12.7. The van der Waals surface area contributed by atoms with Gasteiger partial charge < -0.3 is 14.4 Å². The smallest absolute Gasteiger partial charge is 0.257 e. The molecule has 2 aromatic carbocycles. The minimum atomic E-state index is -0.218. The summed E-state index contributed by atoms with van der Waals surface area (Å²) in [5.41, 5.74) is 2.61. The maximum absolute atomic E-state index is 13.4. The second-order valence-corrected chi connectivity index (χ2v) is 10.1. The van der Waals surface area contributed by atoms with Crippen LogP contribution in [-0.4, -0.2) is 59.6 Å². The molecule has 6 rings (SSSR count). The molecule has 0 bridgehead atoms. The van der Waals surface area contributed by atoms with Crippen molar-refractivity contribution < 1.29 is 19.1 Å². The van der Waals surface area contributed by atoms with Crippen LogP contribution in [0.15, 0.2) is 48.5 Å². The molecule has 1 saturated heterocycles. The van der Waals surface area contributed by atoms with Crippen LogP contribution in [0.1, 0.15) is 38.8 Å². The van der Waals surface area contributed by atoms with Gasteiger partial charge in [-0.1, -0.05) is 24.3 Å². The van der Waals surface area contributed by atoms with Crippen LogP contribution in [-0.2, 0) is 17.8 Å². The number of piperazine rings is 1. The first-order valence-electron chi connectivity index (χ1n) is 11.9. The first-order chi connectivity index (χ1) is 17.1. The summed E-state index contributed by atoms with van der Waals surface area (Å²) in [6.07, 6.45) is 1.62. The maximum Gasteiger partial charge on any atom is 0.257 e. The van der Waals surface area contributed by atoms with Crippen LogP contribution in [0.4, 0.5) is 5.13 Å². The van der Waals surface area contributed by atoms with Crippen LogP contribution < -0.4 is 14.8 Å². The molecule has 3 aliphatic rings. The van der Waals surface area contributed by atoms with Crippen LogP contribution in [0, 0.1) is 0 Å². The van der Waals surface area contributed by atoms with Crippen molar-refractivity contribution in [2.45, 2.75) is 25.3 Å². The second-order valence-electron chi connectivity index (χ2n) is 9.03. The molecule has 1 fully saturated rings. The maximum atomic E-state index is 13.4. The van der Waals surface area contributed by atoms with Gasteiger partial charge in [-0.2, -0.15) is 0 Å². The summed E-state index contributed by atoms with van der Waals surface area (Å²) in [6, 6.07) is 15.2. The zero-order valence-corrected chi connectivity index (χ0v) is 20.1. The molecule has 3 aromatic rings. The Bertz CT molecular complexity index is 1250. The minimum Gasteiger partial charge on any atom is -0.454 e. The number of benzene rings is 2. The molecule has 3 heterocycles. The standard InChI is InChI=1S/C26H26N4O4S/c31-24(18-4-2-1-3-5-18)28-26-27-23-19(7-9-22(23)35-26)25(32)30-12-10-29(11-13-30)15-17-6-8-20-21(14-17)34-16-33-20/h1-6,8,14,19H,7,9-13,15-16H2,(H,27,28,31)/t19-/m0/s1. The summed E-state index contributed by atoms with van der Waals surface area (Å²) in [4.78, 5) is 35.9.